The summed E-state index contributed by atoms with van der Waals surface area (Å²) in [5.74, 6) is 3.06. The Balaban J connectivity index is 0.924. The van der Waals surface area contributed by atoms with E-state index in [-0.39, 0.29) is 0 Å². The Hall–Kier alpha value is -6.64. The Morgan fingerprint density at radius 3 is 1.04 bits per heavy atom. The quantitative estimate of drug-likeness (QED) is 0.0973. The summed E-state index contributed by atoms with van der Waals surface area (Å²) in [6, 6.07) is 36.0. The summed E-state index contributed by atoms with van der Waals surface area (Å²) in [7, 11) is 0. The summed E-state index contributed by atoms with van der Waals surface area (Å²) in [5.41, 5.74) is 5.64. The highest BCUT2D eigenvalue weighted by atomic mass is 16.5. The smallest absolute Gasteiger partial charge is 0.233 e. The summed E-state index contributed by atoms with van der Waals surface area (Å²) >= 11 is 0. The molecular formula is C40H40N12O2. The number of hydrogen-bond donors (Lipinski definition) is 4. The number of nitrogens with one attached hydrogen (secondary N) is 4. The van der Waals surface area contributed by atoms with Crippen molar-refractivity contribution in [3.05, 3.63) is 120 Å². The third-order valence-electron chi connectivity index (χ3n) is 8.70. The van der Waals surface area contributed by atoms with Gasteiger partial charge in [-0.2, -0.15) is 29.9 Å². The van der Waals surface area contributed by atoms with Crippen LogP contribution in [0.1, 0.15) is 11.1 Å². The molecule has 0 aliphatic carbocycles. The van der Waals surface area contributed by atoms with Gasteiger partial charge >= 0.3 is 0 Å². The molecule has 2 aliphatic rings. The lowest BCUT2D eigenvalue weighted by Gasteiger charge is -2.27. The molecule has 2 aliphatic heterocycles. The van der Waals surface area contributed by atoms with Gasteiger partial charge in [0.15, 0.2) is 0 Å². The van der Waals surface area contributed by atoms with Crippen molar-refractivity contribution in [2.24, 2.45) is 0 Å². The van der Waals surface area contributed by atoms with E-state index in [1.807, 2.05) is 84.9 Å². The van der Waals surface area contributed by atoms with Crippen LogP contribution in [0.15, 0.2) is 109 Å². The summed E-state index contributed by atoms with van der Waals surface area (Å²) < 4.78 is 11.1. The van der Waals surface area contributed by atoms with Crippen LogP contribution in [-0.4, -0.2) is 82.5 Å². The maximum atomic E-state index is 5.53. The van der Waals surface area contributed by atoms with E-state index in [1.54, 1.807) is 0 Å². The molecule has 0 saturated carbocycles. The fourth-order valence-corrected chi connectivity index (χ4v) is 5.87. The first-order valence-corrected chi connectivity index (χ1v) is 17.9. The van der Waals surface area contributed by atoms with Crippen LogP contribution in [0.25, 0.3) is 12.2 Å². The van der Waals surface area contributed by atoms with Gasteiger partial charge in [-0.05, 0) is 59.7 Å². The fraction of sp³-hybridized carbons (Fsp3) is 0.200. The molecule has 2 aromatic heterocycles. The molecular weight excluding hydrogens is 681 g/mol. The second kappa shape index (κ2) is 16.8. The first-order valence-electron chi connectivity index (χ1n) is 17.9. The Morgan fingerprint density at radius 2 is 0.704 bits per heavy atom. The SMILES string of the molecule is C(=Cc1ccc(Nc2nc(Nc3ccccc3)nc(N3CCOCC3)n2)cc1)c1ccc(Nc2nc(Nc3ccccc3)nc(N3CCOCC3)n2)cc1. The molecule has 8 rings (SSSR count). The predicted molar refractivity (Wildman–Crippen MR) is 214 cm³/mol. The largest absolute Gasteiger partial charge is 0.378 e. The molecule has 0 spiro atoms. The van der Waals surface area contributed by atoms with Crippen molar-refractivity contribution >= 4 is 70.6 Å². The van der Waals surface area contributed by atoms with Crippen molar-refractivity contribution in [1.29, 1.82) is 0 Å². The maximum absolute atomic E-state index is 5.53. The van der Waals surface area contributed by atoms with E-state index in [9.17, 15) is 0 Å². The number of morpholine rings is 2. The zero-order chi connectivity index (χ0) is 36.4. The molecule has 272 valence electrons. The number of benzene rings is 4. The van der Waals surface area contributed by atoms with Crippen molar-refractivity contribution in [2.45, 2.75) is 0 Å². The van der Waals surface area contributed by atoms with E-state index in [1.165, 1.54) is 0 Å². The maximum Gasteiger partial charge on any atom is 0.233 e. The summed E-state index contributed by atoms with van der Waals surface area (Å²) in [6.45, 7) is 5.42. The van der Waals surface area contributed by atoms with Gasteiger partial charge in [0.2, 0.25) is 35.7 Å². The van der Waals surface area contributed by atoms with Gasteiger partial charge in [-0.3, -0.25) is 0 Å². The molecule has 6 aromatic rings. The molecule has 0 unspecified atom stereocenters. The van der Waals surface area contributed by atoms with E-state index in [4.69, 9.17) is 29.4 Å². The summed E-state index contributed by atoms with van der Waals surface area (Å²) in [4.78, 5) is 32.4. The molecule has 2 fully saturated rings. The predicted octanol–water partition coefficient (Wildman–Crippen LogP) is 6.87. The molecule has 0 radical (unpaired) electrons. The fourth-order valence-electron chi connectivity index (χ4n) is 5.87. The van der Waals surface area contributed by atoms with Gasteiger partial charge in [-0.25, -0.2) is 0 Å². The zero-order valence-electron chi connectivity index (χ0n) is 29.6. The van der Waals surface area contributed by atoms with Gasteiger partial charge in [-0.1, -0.05) is 72.8 Å². The van der Waals surface area contributed by atoms with Crippen molar-refractivity contribution in [3.8, 4) is 0 Å². The minimum atomic E-state index is 0.458. The Bertz CT molecular complexity index is 1990. The third kappa shape index (κ3) is 9.23. The number of nitrogens with zero attached hydrogens (tertiary/aromatic N) is 8. The van der Waals surface area contributed by atoms with Gasteiger partial charge < -0.3 is 40.5 Å². The molecule has 4 N–H and O–H groups in total. The lowest BCUT2D eigenvalue weighted by atomic mass is 10.1. The molecule has 0 bridgehead atoms. The van der Waals surface area contributed by atoms with E-state index >= 15 is 0 Å². The van der Waals surface area contributed by atoms with Crippen molar-refractivity contribution in [2.75, 3.05) is 83.7 Å². The van der Waals surface area contributed by atoms with E-state index in [2.05, 4.69) is 77.5 Å². The Labute approximate surface area is 313 Å². The van der Waals surface area contributed by atoms with Gasteiger partial charge in [0.05, 0.1) is 26.4 Å². The van der Waals surface area contributed by atoms with Crippen molar-refractivity contribution < 1.29 is 9.47 Å². The second-order valence-corrected chi connectivity index (χ2v) is 12.6. The second-order valence-electron chi connectivity index (χ2n) is 12.6. The van der Waals surface area contributed by atoms with E-state index in [0.29, 0.717) is 62.1 Å². The first-order chi connectivity index (χ1) is 26.7. The number of anilines is 10. The molecule has 14 nitrogen and oxygen atoms in total. The number of aromatic nitrogens is 6. The minimum Gasteiger partial charge on any atom is -0.378 e. The lowest BCUT2D eigenvalue weighted by molar-refractivity contribution is 0.122. The molecule has 0 amide bonds. The molecule has 4 aromatic carbocycles. The van der Waals surface area contributed by atoms with Crippen LogP contribution < -0.4 is 31.1 Å². The van der Waals surface area contributed by atoms with E-state index < -0.39 is 0 Å². The van der Waals surface area contributed by atoms with Crippen LogP contribution in [0, 0.1) is 0 Å². The van der Waals surface area contributed by atoms with Crippen LogP contribution in [0.5, 0.6) is 0 Å². The highest BCUT2D eigenvalue weighted by molar-refractivity contribution is 5.72. The normalized spacial score (nSPS) is 14.5. The number of ether oxygens (including phenoxy) is 2. The van der Waals surface area contributed by atoms with Gasteiger partial charge in [-0.15, -0.1) is 0 Å². The average molecular weight is 721 g/mol. The van der Waals surface area contributed by atoms with E-state index in [0.717, 1.165) is 60.1 Å². The molecule has 4 heterocycles. The highest BCUT2D eigenvalue weighted by Gasteiger charge is 2.18. The van der Waals surface area contributed by atoms with Crippen LogP contribution >= 0.6 is 0 Å². The van der Waals surface area contributed by atoms with Crippen molar-refractivity contribution in [3.63, 3.8) is 0 Å². The van der Waals surface area contributed by atoms with Gasteiger partial charge in [0, 0.05) is 48.9 Å². The Morgan fingerprint density at radius 1 is 0.389 bits per heavy atom. The number of hydrogen-bond acceptors (Lipinski definition) is 14. The third-order valence-corrected chi connectivity index (χ3v) is 8.70. The molecule has 14 heteroatoms. The van der Waals surface area contributed by atoms with Crippen LogP contribution in [0.4, 0.5) is 58.4 Å². The van der Waals surface area contributed by atoms with Crippen LogP contribution in [0.2, 0.25) is 0 Å². The summed E-state index contributed by atoms with van der Waals surface area (Å²) in [6.07, 6.45) is 4.16. The first kappa shape index (κ1) is 34.4. The molecule has 2 saturated heterocycles. The van der Waals surface area contributed by atoms with Gasteiger partial charge in [0.25, 0.3) is 0 Å². The molecule has 0 atom stereocenters. The number of para-hydroxylation sites is 2. The van der Waals surface area contributed by atoms with Crippen LogP contribution in [0.3, 0.4) is 0 Å². The monoisotopic (exact) mass is 720 g/mol. The number of rotatable bonds is 12. The zero-order valence-corrected chi connectivity index (χ0v) is 29.6. The van der Waals surface area contributed by atoms with Crippen molar-refractivity contribution in [1.82, 2.24) is 29.9 Å². The standard InChI is InChI=1S/C40H40N12O2/c1-3-7-31(8-4-1)41-35-45-37(49-39(47-35)51-21-25-53-26-22-51)43-33-17-13-29(14-18-33)11-12-30-15-19-34(20-16-30)44-38-46-36(42-32-9-5-2-6-10-32)48-40(50-38)52-23-27-54-28-24-52/h1-20H,21-28H2,(H2,41,43,45,47,49)(H2,42,44,46,48,50). The van der Waals surface area contributed by atoms with Crippen LogP contribution in [-0.2, 0) is 9.47 Å². The molecule has 54 heavy (non-hydrogen) atoms. The topological polar surface area (TPSA) is 150 Å². The lowest BCUT2D eigenvalue weighted by Crippen LogP contribution is -2.37. The minimum absolute atomic E-state index is 0.458. The Kier molecular flexibility index (Phi) is 10.7. The van der Waals surface area contributed by atoms with Gasteiger partial charge in [0.1, 0.15) is 0 Å². The average Bonchev–Trinajstić information content (AvgIpc) is 3.22. The summed E-state index contributed by atoms with van der Waals surface area (Å²) in [5, 5.41) is 13.3. The highest BCUT2D eigenvalue weighted by Crippen LogP contribution is 2.24.